The quantitative estimate of drug-likeness (QED) is 0.887. The zero-order valence-corrected chi connectivity index (χ0v) is 10.4. The van der Waals surface area contributed by atoms with Crippen molar-refractivity contribution in [3.05, 3.63) is 28.7 Å². The molecule has 5 heteroatoms. The smallest absolute Gasteiger partial charge is 0.326 e. The zero-order chi connectivity index (χ0) is 11.8. The lowest BCUT2D eigenvalue weighted by molar-refractivity contribution is 0.415. The number of para-hydroxylation sites is 1. The molecule has 1 atom stereocenters. The van der Waals surface area contributed by atoms with E-state index in [-0.39, 0.29) is 11.7 Å². The summed E-state index contributed by atoms with van der Waals surface area (Å²) in [7, 11) is 1.64. The third kappa shape index (κ3) is 1.65. The maximum Gasteiger partial charge on any atom is 0.326 e. The Morgan fingerprint density at radius 2 is 2.41 bits per heavy atom. The largest absolute Gasteiger partial charge is 0.494 e. The molecule has 1 unspecified atom stereocenters. The molecule has 1 saturated heterocycles. The lowest BCUT2D eigenvalue weighted by atomic mass is 10.2. The second kappa shape index (κ2) is 4.14. The number of ether oxygens (including phenoxy) is 1. The molecule has 1 aliphatic heterocycles. The number of hydrogen-bond acceptors (Lipinski definition) is 3. The minimum Gasteiger partial charge on any atom is -0.494 e. The third-order valence-corrected chi connectivity index (χ3v) is 4.34. The highest BCUT2D eigenvalue weighted by Crippen LogP contribution is 2.32. The van der Waals surface area contributed by atoms with Gasteiger partial charge in [-0.3, -0.25) is 4.57 Å². The highest BCUT2D eigenvalue weighted by molar-refractivity contribution is 7.99. The Bertz CT molecular complexity index is 596. The molecule has 3 rings (SSSR count). The van der Waals surface area contributed by atoms with E-state index in [2.05, 4.69) is 4.98 Å². The van der Waals surface area contributed by atoms with Crippen LogP contribution in [0, 0.1) is 0 Å². The molecule has 1 aromatic heterocycles. The van der Waals surface area contributed by atoms with Crippen molar-refractivity contribution in [1.82, 2.24) is 9.55 Å². The van der Waals surface area contributed by atoms with Crippen LogP contribution in [0.15, 0.2) is 23.0 Å². The van der Waals surface area contributed by atoms with Crippen LogP contribution in [0.1, 0.15) is 12.5 Å². The van der Waals surface area contributed by atoms with Crippen LogP contribution in [-0.2, 0) is 0 Å². The van der Waals surface area contributed by atoms with Crippen LogP contribution in [-0.4, -0.2) is 28.2 Å². The molecule has 0 spiro atoms. The van der Waals surface area contributed by atoms with Crippen molar-refractivity contribution in [1.29, 1.82) is 0 Å². The number of benzene rings is 1. The first-order valence-electron chi connectivity index (χ1n) is 5.66. The maximum atomic E-state index is 12.0. The van der Waals surface area contributed by atoms with Crippen LogP contribution in [0.4, 0.5) is 0 Å². The standard InChI is InChI=1S/C12H14N2O2S/c1-16-10-4-2-3-9-11(10)14(12(15)13-9)8-5-6-17-7-8/h2-4,8H,5-7H2,1H3,(H,13,15). The van der Waals surface area contributed by atoms with E-state index in [4.69, 9.17) is 4.74 Å². The molecule has 2 aromatic rings. The lowest BCUT2D eigenvalue weighted by Gasteiger charge is -2.12. The number of nitrogens with one attached hydrogen (secondary N) is 1. The number of fused-ring (bicyclic) bond motifs is 1. The van der Waals surface area contributed by atoms with Crippen LogP contribution in [0.25, 0.3) is 11.0 Å². The van der Waals surface area contributed by atoms with Crippen molar-refractivity contribution in [3.63, 3.8) is 0 Å². The van der Waals surface area contributed by atoms with E-state index < -0.39 is 0 Å². The Kier molecular flexibility index (Phi) is 2.63. The zero-order valence-electron chi connectivity index (χ0n) is 9.60. The summed E-state index contributed by atoms with van der Waals surface area (Å²) in [5.41, 5.74) is 1.72. The van der Waals surface area contributed by atoms with Gasteiger partial charge in [-0.05, 0) is 24.3 Å². The number of imidazole rings is 1. The summed E-state index contributed by atoms with van der Waals surface area (Å²) < 4.78 is 7.21. The molecule has 90 valence electrons. The van der Waals surface area contributed by atoms with Gasteiger partial charge in [0.2, 0.25) is 0 Å². The van der Waals surface area contributed by atoms with Gasteiger partial charge in [-0.1, -0.05) is 6.07 Å². The Morgan fingerprint density at radius 3 is 3.12 bits per heavy atom. The number of H-pyrrole nitrogens is 1. The van der Waals surface area contributed by atoms with Gasteiger partial charge in [0.25, 0.3) is 0 Å². The Hall–Kier alpha value is -1.36. The van der Waals surface area contributed by atoms with Gasteiger partial charge in [0.05, 0.1) is 12.6 Å². The highest BCUT2D eigenvalue weighted by Gasteiger charge is 2.23. The number of aromatic nitrogens is 2. The summed E-state index contributed by atoms with van der Waals surface area (Å²) in [5.74, 6) is 2.89. The molecule has 0 radical (unpaired) electrons. The van der Waals surface area contributed by atoms with Gasteiger partial charge < -0.3 is 9.72 Å². The fraction of sp³-hybridized carbons (Fsp3) is 0.417. The van der Waals surface area contributed by atoms with E-state index in [1.54, 1.807) is 7.11 Å². The number of hydrogen-bond donors (Lipinski definition) is 1. The molecular weight excluding hydrogens is 236 g/mol. The van der Waals surface area contributed by atoms with Gasteiger partial charge in [-0.25, -0.2) is 4.79 Å². The highest BCUT2D eigenvalue weighted by atomic mass is 32.2. The van der Waals surface area contributed by atoms with Gasteiger partial charge in [0, 0.05) is 11.8 Å². The maximum absolute atomic E-state index is 12.0. The van der Waals surface area contributed by atoms with Gasteiger partial charge in [-0.15, -0.1) is 0 Å². The lowest BCUT2D eigenvalue weighted by Crippen LogP contribution is -2.22. The Morgan fingerprint density at radius 1 is 1.53 bits per heavy atom. The normalized spacial score (nSPS) is 19.9. The van der Waals surface area contributed by atoms with Crippen LogP contribution < -0.4 is 10.4 Å². The molecule has 1 aromatic carbocycles. The molecule has 0 amide bonds. The SMILES string of the molecule is COc1cccc2[nH]c(=O)n(C3CCSC3)c12. The van der Waals surface area contributed by atoms with Crippen LogP contribution >= 0.6 is 11.8 Å². The topological polar surface area (TPSA) is 47.0 Å². The predicted octanol–water partition coefficient (Wildman–Crippen LogP) is 2.02. The van der Waals surface area contributed by atoms with Gasteiger partial charge in [-0.2, -0.15) is 11.8 Å². The van der Waals surface area contributed by atoms with Gasteiger partial charge >= 0.3 is 5.69 Å². The number of nitrogens with zero attached hydrogens (tertiary/aromatic N) is 1. The second-order valence-electron chi connectivity index (χ2n) is 4.17. The van der Waals surface area contributed by atoms with E-state index in [0.29, 0.717) is 0 Å². The van der Waals surface area contributed by atoms with Crippen molar-refractivity contribution in [2.45, 2.75) is 12.5 Å². The number of methoxy groups -OCH3 is 1. The molecule has 0 saturated carbocycles. The van der Waals surface area contributed by atoms with E-state index in [1.165, 1.54) is 0 Å². The fourth-order valence-electron chi connectivity index (χ4n) is 2.39. The molecule has 0 bridgehead atoms. The van der Waals surface area contributed by atoms with Crippen LogP contribution in [0.2, 0.25) is 0 Å². The second-order valence-corrected chi connectivity index (χ2v) is 5.32. The molecule has 1 aliphatic rings. The van der Waals surface area contributed by atoms with E-state index in [9.17, 15) is 4.79 Å². The average Bonchev–Trinajstić information content (AvgIpc) is 2.93. The summed E-state index contributed by atoms with van der Waals surface area (Å²) in [6.07, 6.45) is 1.05. The Balaban J connectivity index is 2.28. The number of aromatic amines is 1. The Labute approximate surface area is 103 Å². The molecule has 2 heterocycles. The molecule has 1 fully saturated rings. The summed E-state index contributed by atoms with van der Waals surface area (Å²) in [6, 6.07) is 5.99. The van der Waals surface area contributed by atoms with Crippen LogP contribution in [0.5, 0.6) is 5.75 Å². The average molecular weight is 250 g/mol. The number of thioether (sulfide) groups is 1. The summed E-state index contributed by atoms with van der Waals surface area (Å²) in [5, 5.41) is 0. The third-order valence-electron chi connectivity index (χ3n) is 3.19. The minimum absolute atomic E-state index is 0.0306. The summed E-state index contributed by atoms with van der Waals surface area (Å²) in [6.45, 7) is 0. The minimum atomic E-state index is -0.0306. The first-order valence-corrected chi connectivity index (χ1v) is 6.81. The number of rotatable bonds is 2. The molecule has 1 N–H and O–H groups in total. The van der Waals surface area contributed by atoms with Crippen molar-refractivity contribution in [2.24, 2.45) is 0 Å². The van der Waals surface area contributed by atoms with E-state index in [0.717, 1.165) is 34.7 Å². The van der Waals surface area contributed by atoms with E-state index >= 15 is 0 Å². The van der Waals surface area contributed by atoms with Gasteiger partial charge in [0.15, 0.2) is 0 Å². The van der Waals surface area contributed by atoms with Crippen molar-refractivity contribution in [2.75, 3.05) is 18.6 Å². The van der Waals surface area contributed by atoms with Crippen molar-refractivity contribution < 1.29 is 4.74 Å². The summed E-state index contributed by atoms with van der Waals surface area (Å²) in [4.78, 5) is 14.9. The van der Waals surface area contributed by atoms with E-state index in [1.807, 2.05) is 34.5 Å². The molecule has 17 heavy (non-hydrogen) atoms. The monoisotopic (exact) mass is 250 g/mol. The van der Waals surface area contributed by atoms with Crippen molar-refractivity contribution >= 4 is 22.8 Å². The molecule has 0 aliphatic carbocycles. The van der Waals surface area contributed by atoms with Crippen LogP contribution in [0.3, 0.4) is 0 Å². The van der Waals surface area contributed by atoms with Gasteiger partial charge in [0.1, 0.15) is 11.3 Å². The molecule has 4 nitrogen and oxygen atoms in total. The first-order chi connectivity index (χ1) is 8.31. The predicted molar refractivity (Wildman–Crippen MR) is 70.1 cm³/mol. The molecular formula is C12H14N2O2S. The first kappa shape index (κ1) is 10.8. The van der Waals surface area contributed by atoms with Crippen molar-refractivity contribution in [3.8, 4) is 5.75 Å². The fourth-order valence-corrected chi connectivity index (χ4v) is 3.58. The summed E-state index contributed by atoms with van der Waals surface area (Å²) >= 11 is 1.90.